The third-order valence-electron chi connectivity index (χ3n) is 4.65. The van der Waals surface area contributed by atoms with E-state index < -0.39 is 29.9 Å². The number of amides is 2. The first-order chi connectivity index (χ1) is 12.8. The van der Waals surface area contributed by atoms with E-state index >= 15 is 0 Å². The Hall–Kier alpha value is -2.42. The molecule has 2 N–H and O–H groups in total. The van der Waals surface area contributed by atoms with Crippen LogP contribution in [-0.2, 0) is 9.47 Å². The van der Waals surface area contributed by atoms with Crippen LogP contribution in [-0.4, -0.2) is 55.5 Å². The van der Waals surface area contributed by atoms with Crippen molar-refractivity contribution in [3.8, 4) is 0 Å². The number of hydrogen-bond donors (Lipinski definition) is 2. The molecule has 7 nitrogen and oxygen atoms in total. The maximum absolute atomic E-state index is 14.5. The van der Waals surface area contributed by atoms with E-state index in [1.54, 1.807) is 6.92 Å². The number of hydrogen-bond acceptors (Lipinski definition) is 4. The number of nitrogens with zero attached hydrogens (tertiary/aromatic N) is 1. The minimum atomic E-state index is -1.05. The molecule has 0 bridgehead atoms. The molecule has 2 atom stereocenters. The molecule has 1 aliphatic heterocycles. The summed E-state index contributed by atoms with van der Waals surface area (Å²) in [5.74, 6) is -2.31. The smallest absolute Gasteiger partial charge is 0.407 e. The van der Waals surface area contributed by atoms with Gasteiger partial charge in [-0.1, -0.05) is 6.07 Å². The van der Waals surface area contributed by atoms with Crippen LogP contribution in [0.2, 0.25) is 0 Å². The molecule has 0 saturated carbocycles. The summed E-state index contributed by atoms with van der Waals surface area (Å²) in [7, 11) is 1.23. The Morgan fingerprint density at radius 1 is 1.41 bits per heavy atom. The van der Waals surface area contributed by atoms with Crippen molar-refractivity contribution in [1.29, 1.82) is 0 Å². The van der Waals surface area contributed by atoms with Crippen molar-refractivity contribution in [2.45, 2.75) is 25.9 Å². The van der Waals surface area contributed by atoms with Gasteiger partial charge in [0, 0.05) is 31.1 Å². The van der Waals surface area contributed by atoms with E-state index in [9.17, 15) is 23.5 Å². The maximum Gasteiger partial charge on any atom is 0.407 e. The molecule has 1 aromatic carbocycles. The summed E-state index contributed by atoms with van der Waals surface area (Å²) in [6, 6.07) is 2.52. The lowest BCUT2D eigenvalue weighted by Crippen LogP contribution is -2.42. The lowest BCUT2D eigenvalue weighted by Gasteiger charge is -2.36. The number of nitrogens with one attached hydrogen (secondary N) is 1. The Kier molecular flexibility index (Phi) is 7.35. The summed E-state index contributed by atoms with van der Waals surface area (Å²) >= 11 is 0. The van der Waals surface area contributed by atoms with Gasteiger partial charge in [0.05, 0.1) is 19.8 Å². The standard InChI is InChI=1S/C18H24F2N2O5/c1-11-5-6-13(19)15(20)14(11)16(27-9-7-21-17(23)26-2)12-4-3-8-22(10-12)18(24)25/h5-6,12,16H,3-4,7-10H2,1-2H3,(H,21,23)(H,24,25). The van der Waals surface area contributed by atoms with E-state index in [1.807, 2.05) is 0 Å². The number of carbonyl (C=O) groups is 2. The van der Waals surface area contributed by atoms with Gasteiger partial charge in [-0.2, -0.15) is 0 Å². The topological polar surface area (TPSA) is 88.1 Å². The number of likely N-dealkylation sites (tertiary alicyclic amines) is 1. The van der Waals surface area contributed by atoms with Gasteiger partial charge < -0.3 is 24.8 Å². The number of benzene rings is 1. The highest BCUT2D eigenvalue weighted by Gasteiger charge is 2.34. The van der Waals surface area contributed by atoms with Crippen LogP contribution in [0.1, 0.15) is 30.1 Å². The normalized spacial score (nSPS) is 18.1. The molecule has 2 amide bonds. The quantitative estimate of drug-likeness (QED) is 0.734. The summed E-state index contributed by atoms with van der Waals surface area (Å²) in [5.41, 5.74) is 0.609. The fraction of sp³-hybridized carbons (Fsp3) is 0.556. The predicted molar refractivity (Wildman–Crippen MR) is 92.5 cm³/mol. The molecule has 0 aliphatic carbocycles. The predicted octanol–water partition coefficient (Wildman–Crippen LogP) is 3.08. The number of aryl methyl sites for hydroxylation is 1. The van der Waals surface area contributed by atoms with Crippen molar-refractivity contribution >= 4 is 12.2 Å². The number of piperidine rings is 1. The van der Waals surface area contributed by atoms with Gasteiger partial charge in [-0.3, -0.25) is 0 Å². The minimum absolute atomic E-state index is 0.0404. The monoisotopic (exact) mass is 386 g/mol. The van der Waals surface area contributed by atoms with Crippen LogP contribution >= 0.6 is 0 Å². The zero-order chi connectivity index (χ0) is 20.0. The van der Waals surface area contributed by atoms with Crippen molar-refractivity contribution in [3.05, 3.63) is 34.9 Å². The van der Waals surface area contributed by atoms with Gasteiger partial charge in [-0.25, -0.2) is 18.4 Å². The van der Waals surface area contributed by atoms with E-state index in [1.165, 1.54) is 18.1 Å². The van der Waals surface area contributed by atoms with Gasteiger partial charge in [0.25, 0.3) is 0 Å². The first-order valence-electron chi connectivity index (χ1n) is 8.71. The Labute approximate surface area is 156 Å². The number of alkyl carbamates (subject to hydrolysis) is 1. The van der Waals surface area contributed by atoms with Gasteiger partial charge in [-0.15, -0.1) is 0 Å². The van der Waals surface area contributed by atoms with E-state index in [4.69, 9.17) is 4.74 Å². The van der Waals surface area contributed by atoms with Crippen LogP contribution < -0.4 is 5.32 Å². The second-order valence-corrected chi connectivity index (χ2v) is 6.43. The average molecular weight is 386 g/mol. The zero-order valence-electron chi connectivity index (χ0n) is 15.3. The number of ether oxygens (including phenoxy) is 2. The SMILES string of the molecule is COC(=O)NCCOC(c1c(C)ccc(F)c1F)C1CCCN(C(=O)O)C1. The Morgan fingerprint density at radius 3 is 2.81 bits per heavy atom. The Balaban J connectivity index is 2.22. The number of carbonyl (C=O) groups excluding carboxylic acids is 1. The highest BCUT2D eigenvalue weighted by Crippen LogP contribution is 2.36. The zero-order valence-corrected chi connectivity index (χ0v) is 15.3. The number of carboxylic acid groups (broad SMARTS) is 1. The van der Waals surface area contributed by atoms with Gasteiger partial charge >= 0.3 is 12.2 Å². The van der Waals surface area contributed by atoms with Crippen molar-refractivity contribution in [3.63, 3.8) is 0 Å². The Morgan fingerprint density at radius 2 is 2.15 bits per heavy atom. The van der Waals surface area contributed by atoms with Crippen LogP contribution in [0.4, 0.5) is 18.4 Å². The molecule has 1 saturated heterocycles. The summed E-state index contributed by atoms with van der Waals surface area (Å²) in [5, 5.41) is 11.7. The summed E-state index contributed by atoms with van der Waals surface area (Å²) in [6.45, 7) is 2.37. The van der Waals surface area contributed by atoms with E-state index in [0.29, 0.717) is 24.9 Å². The molecule has 1 aromatic rings. The first-order valence-corrected chi connectivity index (χ1v) is 8.71. The minimum Gasteiger partial charge on any atom is -0.465 e. The molecule has 0 radical (unpaired) electrons. The molecule has 9 heteroatoms. The van der Waals surface area contributed by atoms with Gasteiger partial charge in [0.2, 0.25) is 0 Å². The summed E-state index contributed by atoms with van der Waals surface area (Å²) < 4.78 is 38.6. The highest BCUT2D eigenvalue weighted by molar-refractivity contribution is 5.66. The largest absolute Gasteiger partial charge is 0.465 e. The number of halogens is 2. The van der Waals surface area contributed by atoms with Gasteiger partial charge in [-0.05, 0) is 31.4 Å². The number of methoxy groups -OCH3 is 1. The Bertz CT molecular complexity index is 686. The molecule has 2 unspecified atom stereocenters. The van der Waals surface area contributed by atoms with E-state index in [-0.39, 0.29) is 31.2 Å². The molecule has 1 fully saturated rings. The van der Waals surface area contributed by atoms with Crippen molar-refractivity contribution in [2.75, 3.05) is 33.4 Å². The molecule has 150 valence electrons. The van der Waals surface area contributed by atoms with Crippen molar-refractivity contribution in [2.24, 2.45) is 5.92 Å². The van der Waals surface area contributed by atoms with Gasteiger partial charge in [0.15, 0.2) is 11.6 Å². The second kappa shape index (κ2) is 9.50. The van der Waals surface area contributed by atoms with Crippen LogP contribution in [0.15, 0.2) is 12.1 Å². The summed E-state index contributed by atoms with van der Waals surface area (Å²) in [4.78, 5) is 23.7. The van der Waals surface area contributed by atoms with Crippen LogP contribution in [0.5, 0.6) is 0 Å². The second-order valence-electron chi connectivity index (χ2n) is 6.43. The third-order valence-corrected chi connectivity index (χ3v) is 4.65. The highest BCUT2D eigenvalue weighted by atomic mass is 19.2. The first kappa shape index (κ1) is 20.9. The van der Waals surface area contributed by atoms with Crippen LogP contribution in [0.25, 0.3) is 0 Å². The molecule has 1 aliphatic rings. The molecule has 0 aromatic heterocycles. The number of rotatable bonds is 6. The van der Waals surface area contributed by atoms with Crippen LogP contribution in [0.3, 0.4) is 0 Å². The molecule has 2 rings (SSSR count). The molecular weight excluding hydrogens is 362 g/mol. The fourth-order valence-electron chi connectivity index (χ4n) is 3.31. The summed E-state index contributed by atoms with van der Waals surface area (Å²) in [6.07, 6.45) is -1.29. The van der Waals surface area contributed by atoms with Crippen LogP contribution in [0, 0.1) is 24.5 Å². The van der Waals surface area contributed by atoms with E-state index in [0.717, 1.165) is 6.07 Å². The fourth-order valence-corrected chi connectivity index (χ4v) is 3.31. The molecule has 1 heterocycles. The molecular formula is C18H24F2N2O5. The third kappa shape index (κ3) is 5.29. The average Bonchev–Trinajstić information content (AvgIpc) is 2.66. The van der Waals surface area contributed by atoms with Crippen molar-refractivity contribution in [1.82, 2.24) is 10.2 Å². The van der Waals surface area contributed by atoms with E-state index in [2.05, 4.69) is 10.1 Å². The lowest BCUT2D eigenvalue weighted by atomic mass is 9.86. The molecule has 27 heavy (non-hydrogen) atoms. The van der Waals surface area contributed by atoms with Gasteiger partial charge in [0.1, 0.15) is 0 Å². The molecule has 0 spiro atoms. The van der Waals surface area contributed by atoms with Crippen molar-refractivity contribution < 1.29 is 33.0 Å². The lowest BCUT2D eigenvalue weighted by molar-refractivity contribution is -0.0142. The maximum atomic E-state index is 14.5.